The molecule has 2 heterocycles. The molecule has 2 N–H and O–H groups in total. The van der Waals surface area contributed by atoms with E-state index in [9.17, 15) is 4.79 Å². The highest BCUT2D eigenvalue weighted by molar-refractivity contribution is 6.03. The van der Waals surface area contributed by atoms with Gasteiger partial charge >= 0.3 is 0 Å². The minimum absolute atomic E-state index is 0.258. The maximum Gasteiger partial charge on any atom is 0.274 e. The monoisotopic (exact) mass is 331 g/mol. The van der Waals surface area contributed by atoms with E-state index in [0.29, 0.717) is 17.2 Å². The smallest absolute Gasteiger partial charge is 0.274 e. The summed E-state index contributed by atoms with van der Waals surface area (Å²) < 4.78 is 1.73. The summed E-state index contributed by atoms with van der Waals surface area (Å²) in [6.07, 6.45) is 3.14. The largest absolute Gasteiger partial charge is 0.321 e. The van der Waals surface area contributed by atoms with Gasteiger partial charge in [0.25, 0.3) is 5.91 Å². The molecular weight excluding hydrogens is 318 g/mol. The Morgan fingerprint density at radius 2 is 1.96 bits per heavy atom. The van der Waals surface area contributed by atoms with E-state index in [-0.39, 0.29) is 5.91 Å². The quantitative estimate of drug-likeness (QED) is 0.597. The van der Waals surface area contributed by atoms with Gasteiger partial charge in [0.2, 0.25) is 5.82 Å². The zero-order chi connectivity index (χ0) is 17.1. The van der Waals surface area contributed by atoms with Crippen LogP contribution < -0.4 is 5.32 Å². The zero-order valence-electron chi connectivity index (χ0n) is 13.0. The van der Waals surface area contributed by atoms with Crippen molar-refractivity contribution in [3.8, 4) is 17.1 Å². The third-order valence-corrected chi connectivity index (χ3v) is 3.63. The number of carbonyl (C=O) groups is 1. The third-order valence-electron chi connectivity index (χ3n) is 3.63. The predicted octanol–water partition coefficient (Wildman–Crippen LogP) is 2.30. The van der Waals surface area contributed by atoms with Crippen LogP contribution in [0.15, 0.2) is 67.1 Å². The molecule has 0 aliphatic heterocycles. The molecule has 8 nitrogen and oxygen atoms in total. The second kappa shape index (κ2) is 6.36. The van der Waals surface area contributed by atoms with E-state index in [1.54, 1.807) is 23.0 Å². The van der Waals surface area contributed by atoms with Crippen molar-refractivity contribution >= 4 is 11.6 Å². The minimum Gasteiger partial charge on any atom is -0.321 e. The number of anilines is 1. The van der Waals surface area contributed by atoms with Crippen LogP contribution >= 0.6 is 0 Å². The average molecular weight is 331 g/mol. The van der Waals surface area contributed by atoms with Gasteiger partial charge in [-0.2, -0.15) is 5.21 Å². The van der Waals surface area contributed by atoms with Crippen LogP contribution in [0.1, 0.15) is 10.5 Å². The van der Waals surface area contributed by atoms with E-state index < -0.39 is 0 Å². The molecule has 4 rings (SSSR count). The molecule has 2 aromatic heterocycles. The first kappa shape index (κ1) is 14.8. The summed E-state index contributed by atoms with van der Waals surface area (Å²) in [6, 6.07) is 16.8. The molecule has 0 spiro atoms. The molecule has 0 radical (unpaired) electrons. The second-order valence-corrected chi connectivity index (χ2v) is 5.25. The molecule has 25 heavy (non-hydrogen) atoms. The van der Waals surface area contributed by atoms with E-state index in [1.165, 1.54) is 6.20 Å². The van der Waals surface area contributed by atoms with Crippen molar-refractivity contribution < 1.29 is 4.79 Å². The molecule has 2 aromatic carbocycles. The summed E-state index contributed by atoms with van der Waals surface area (Å²) >= 11 is 0. The fourth-order valence-corrected chi connectivity index (χ4v) is 2.47. The summed E-state index contributed by atoms with van der Waals surface area (Å²) in [5.74, 6) is 0.206. The third kappa shape index (κ3) is 3.00. The molecule has 8 heteroatoms. The highest BCUT2D eigenvalue weighted by Crippen LogP contribution is 2.19. The SMILES string of the molecule is O=C(Nc1cccc(-c2nn[nH]n2)c1)c1cncn1-c1ccccc1. The number of rotatable bonds is 4. The van der Waals surface area contributed by atoms with Gasteiger partial charge < -0.3 is 5.32 Å². The summed E-state index contributed by atoms with van der Waals surface area (Å²) in [7, 11) is 0. The molecule has 0 atom stereocenters. The number of amides is 1. The lowest BCUT2D eigenvalue weighted by atomic mass is 10.2. The van der Waals surface area contributed by atoms with Gasteiger partial charge in [0.05, 0.1) is 12.5 Å². The van der Waals surface area contributed by atoms with Crippen molar-refractivity contribution in [1.82, 2.24) is 30.2 Å². The van der Waals surface area contributed by atoms with Crippen LogP contribution in [-0.4, -0.2) is 36.1 Å². The van der Waals surface area contributed by atoms with E-state index in [2.05, 4.69) is 30.9 Å². The number of imidazole rings is 1. The Bertz CT molecular complexity index is 993. The van der Waals surface area contributed by atoms with Crippen LogP contribution in [0.2, 0.25) is 0 Å². The Balaban J connectivity index is 1.60. The lowest BCUT2D eigenvalue weighted by Crippen LogP contribution is -2.16. The number of benzene rings is 2. The zero-order valence-corrected chi connectivity index (χ0v) is 13.0. The maximum absolute atomic E-state index is 12.6. The topological polar surface area (TPSA) is 101 Å². The first-order valence-corrected chi connectivity index (χ1v) is 7.54. The number of tetrazole rings is 1. The van der Waals surface area contributed by atoms with Crippen molar-refractivity contribution in [1.29, 1.82) is 0 Å². The molecule has 1 amide bonds. The number of aromatic amines is 1. The van der Waals surface area contributed by atoms with E-state index in [4.69, 9.17) is 0 Å². The van der Waals surface area contributed by atoms with Crippen LogP contribution in [-0.2, 0) is 0 Å². The number of H-pyrrole nitrogens is 1. The Morgan fingerprint density at radius 3 is 2.76 bits per heavy atom. The number of carbonyl (C=O) groups excluding carboxylic acids is 1. The van der Waals surface area contributed by atoms with E-state index in [1.807, 2.05) is 42.5 Å². The Kier molecular flexibility index (Phi) is 3.76. The van der Waals surface area contributed by atoms with Crippen molar-refractivity contribution in [3.63, 3.8) is 0 Å². The lowest BCUT2D eigenvalue weighted by molar-refractivity contribution is 0.102. The Hall–Kier alpha value is -3.81. The molecule has 4 aromatic rings. The summed E-state index contributed by atoms with van der Waals surface area (Å²) in [4.78, 5) is 16.7. The van der Waals surface area contributed by atoms with Gasteiger partial charge in [0, 0.05) is 16.9 Å². The molecule has 122 valence electrons. The summed E-state index contributed by atoms with van der Waals surface area (Å²) in [5.41, 5.74) is 2.69. The number of hydrogen-bond acceptors (Lipinski definition) is 5. The van der Waals surface area contributed by atoms with E-state index >= 15 is 0 Å². The fraction of sp³-hybridized carbons (Fsp3) is 0. The lowest BCUT2D eigenvalue weighted by Gasteiger charge is -2.09. The molecule has 0 bridgehead atoms. The van der Waals surface area contributed by atoms with Crippen LogP contribution in [0.3, 0.4) is 0 Å². The van der Waals surface area contributed by atoms with Crippen molar-refractivity contribution in [3.05, 3.63) is 72.8 Å². The van der Waals surface area contributed by atoms with Crippen LogP contribution in [0, 0.1) is 0 Å². The highest BCUT2D eigenvalue weighted by atomic mass is 16.2. The number of para-hydroxylation sites is 1. The molecule has 0 aliphatic carbocycles. The highest BCUT2D eigenvalue weighted by Gasteiger charge is 2.14. The van der Waals surface area contributed by atoms with Crippen LogP contribution in [0.4, 0.5) is 5.69 Å². The van der Waals surface area contributed by atoms with Gasteiger partial charge in [0.1, 0.15) is 5.69 Å². The van der Waals surface area contributed by atoms with E-state index in [0.717, 1.165) is 11.3 Å². The fourth-order valence-electron chi connectivity index (χ4n) is 2.47. The predicted molar refractivity (Wildman–Crippen MR) is 91.1 cm³/mol. The normalized spacial score (nSPS) is 10.6. The first-order valence-electron chi connectivity index (χ1n) is 7.54. The molecule has 0 saturated carbocycles. The molecule has 0 unspecified atom stereocenters. The van der Waals surface area contributed by atoms with Crippen molar-refractivity contribution in [2.75, 3.05) is 5.32 Å². The van der Waals surface area contributed by atoms with Crippen LogP contribution in [0.5, 0.6) is 0 Å². The van der Waals surface area contributed by atoms with Crippen LogP contribution in [0.25, 0.3) is 17.1 Å². The van der Waals surface area contributed by atoms with Gasteiger partial charge in [-0.05, 0) is 29.5 Å². The number of aromatic nitrogens is 6. The number of hydrogen-bond donors (Lipinski definition) is 2. The standard InChI is InChI=1S/C17H13N7O/c25-17(15-10-18-11-24(15)14-7-2-1-3-8-14)19-13-6-4-5-12(9-13)16-20-22-23-21-16/h1-11H,(H,19,25)(H,20,21,22,23). The molecular formula is C17H13N7O. The van der Waals surface area contributed by atoms with Gasteiger partial charge in [-0.15, -0.1) is 10.2 Å². The molecule has 0 saturated heterocycles. The summed E-state index contributed by atoms with van der Waals surface area (Å²) in [5, 5.41) is 16.7. The number of nitrogens with zero attached hydrogens (tertiary/aromatic N) is 5. The van der Waals surface area contributed by atoms with Gasteiger partial charge in [-0.1, -0.05) is 30.3 Å². The van der Waals surface area contributed by atoms with Gasteiger partial charge in [-0.25, -0.2) is 4.98 Å². The molecule has 0 fully saturated rings. The average Bonchev–Trinajstić information content (AvgIpc) is 3.34. The first-order chi connectivity index (χ1) is 12.3. The number of nitrogens with one attached hydrogen (secondary N) is 2. The van der Waals surface area contributed by atoms with Gasteiger partial charge in [-0.3, -0.25) is 9.36 Å². The minimum atomic E-state index is -0.258. The maximum atomic E-state index is 12.6. The molecule has 0 aliphatic rings. The van der Waals surface area contributed by atoms with Crippen molar-refractivity contribution in [2.45, 2.75) is 0 Å². The second-order valence-electron chi connectivity index (χ2n) is 5.25. The Labute approximate surface area is 142 Å². The van der Waals surface area contributed by atoms with Gasteiger partial charge in [0.15, 0.2) is 0 Å². The Morgan fingerprint density at radius 1 is 1.08 bits per heavy atom. The van der Waals surface area contributed by atoms with Crippen molar-refractivity contribution in [2.24, 2.45) is 0 Å². The summed E-state index contributed by atoms with van der Waals surface area (Å²) in [6.45, 7) is 0.